The molecule has 2 aromatic rings. The number of ether oxygens (including phenoxy) is 1. The molecule has 2 rings (SSSR count). The quantitative estimate of drug-likeness (QED) is 0.837. The minimum atomic E-state index is -0.0133. The van der Waals surface area contributed by atoms with Crippen LogP contribution in [0.3, 0.4) is 0 Å². The van der Waals surface area contributed by atoms with Gasteiger partial charge < -0.3 is 10.1 Å². The average Bonchev–Trinajstić information content (AvgIpc) is 2.86. The Hall–Kier alpha value is -1.23. The first-order valence-corrected chi connectivity index (χ1v) is 7.74. The first-order valence-electron chi connectivity index (χ1n) is 6.98. The molecule has 1 aromatic carbocycles. The van der Waals surface area contributed by atoms with Gasteiger partial charge in [0.05, 0.1) is 23.0 Å². The molecule has 1 heterocycles. The van der Waals surface area contributed by atoms with Crippen LogP contribution in [0.4, 0.5) is 0 Å². The van der Waals surface area contributed by atoms with Crippen LogP contribution in [0.1, 0.15) is 25.6 Å². The van der Waals surface area contributed by atoms with E-state index in [0.717, 1.165) is 24.5 Å². The van der Waals surface area contributed by atoms with E-state index in [1.165, 1.54) is 0 Å². The molecular formula is C15H19Cl2N3O. The Kier molecular flexibility index (Phi) is 5.91. The number of aryl methyl sites for hydroxylation is 1. The van der Waals surface area contributed by atoms with Crippen molar-refractivity contribution in [1.29, 1.82) is 0 Å². The highest BCUT2D eigenvalue weighted by molar-refractivity contribution is 6.31. The maximum absolute atomic E-state index is 6.26. The van der Waals surface area contributed by atoms with Gasteiger partial charge in [0.25, 0.3) is 0 Å². The number of benzene rings is 1. The van der Waals surface area contributed by atoms with Gasteiger partial charge in [0.15, 0.2) is 0 Å². The molecule has 1 unspecified atom stereocenters. The third-order valence-corrected chi connectivity index (χ3v) is 3.69. The van der Waals surface area contributed by atoms with Gasteiger partial charge in [0.2, 0.25) is 0 Å². The van der Waals surface area contributed by atoms with Gasteiger partial charge in [-0.3, -0.25) is 4.68 Å². The van der Waals surface area contributed by atoms with Crippen molar-refractivity contribution < 1.29 is 4.74 Å². The summed E-state index contributed by atoms with van der Waals surface area (Å²) >= 11 is 12.1. The molecule has 21 heavy (non-hydrogen) atoms. The molecule has 0 aliphatic carbocycles. The summed E-state index contributed by atoms with van der Waals surface area (Å²) in [5.41, 5.74) is 0.954. The molecule has 0 fully saturated rings. The van der Waals surface area contributed by atoms with Crippen molar-refractivity contribution >= 4 is 23.2 Å². The number of nitrogens with one attached hydrogen (secondary N) is 1. The van der Waals surface area contributed by atoms with Crippen LogP contribution in [0, 0.1) is 0 Å². The molecule has 1 aromatic heterocycles. The van der Waals surface area contributed by atoms with Crippen molar-refractivity contribution in [2.75, 3.05) is 13.2 Å². The zero-order valence-electron chi connectivity index (χ0n) is 12.1. The second kappa shape index (κ2) is 7.69. The third-order valence-electron chi connectivity index (χ3n) is 3.14. The third kappa shape index (κ3) is 4.13. The number of hydrogen-bond acceptors (Lipinski definition) is 3. The number of nitrogens with zero attached hydrogens (tertiary/aromatic N) is 2. The number of rotatable bonds is 7. The lowest BCUT2D eigenvalue weighted by Crippen LogP contribution is -2.29. The smallest absolute Gasteiger partial charge is 0.119 e. The number of aromatic nitrogens is 2. The summed E-state index contributed by atoms with van der Waals surface area (Å²) in [6, 6.07) is 7.31. The van der Waals surface area contributed by atoms with Crippen molar-refractivity contribution in [3.63, 3.8) is 0 Å². The lowest BCUT2D eigenvalue weighted by molar-refractivity contribution is 0.261. The predicted octanol–water partition coefficient (Wildman–Crippen LogP) is 3.94. The van der Waals surface area contributed by atoms with Crippen LogP contribution in [0.2, 0.25) is 10.0 Å². The Morgan fingerprint density at radius 3 is 2.57 bits per heavy atom. The fourth-order valence-corrected chi connectivity index (χ4v) is 2.56. The monoisotopic (exact) mass is 327 g/mol. The number of hydrogen-bond donors (Lipinski definition) is 1. The van der Waals surface area contributed by atoms with Crippen molar-refractivity contribution in [3.8, 4) is 5.75 Å². The Morgan fingerprint density at radius 1 is 1.24 bits per heavy atom. The minimum Gasteiger partial charge on any atom is -0.492 e. The molecule has 0 aliphatic heterocycles. The zero-order chi connectivity index (χ0) is 15.2. The molecular weight excluding hydrogens is 309 g/mol. The predicted molar refractivity (Wildman–Crippen MR) is 86.3 cm³/mol. The number of likely N-dealkylation sites (N-methyl/N-ethyl adjacent to an activating group) is 1. The zero-order valence-corrected chi connectivity index (χ0v) is 13.7. The second-order valence-corrected chi connectivity index (χ2v) is 5.41. The first kappa shape index (κ1) is 16.1. The van der Waals surface area contributed by atoms with E-state index in [-0.39, 0.29) is 6.04 Å². The van der Waals surface area contributed by atoms with E-state index in [4.69, 9.17) is 27.9 Å². The van der Waals surface area contributed by atoms with E-state index < -0.39 is 0 Å². The Morgan fingerprint density at radius 2 is 1.95 bits per heavy atom. The lowest BCUT2D eigenvalue weighted by atomic mass is 10.2. The largest absolute Gasteiger partial charge is 0.492 e. The van der Waals surface area contributed by atoms with Gasteiger partial charge >= 0.3 is 0 Å². The topological polar surface area (TPSA) is 39.1 Å². The standard InChI is InChI=1S/C15H19Cl2N3O/c1-3-18-14(15-13(17)9-19-20(15)4-2)10-21-12-7-5-11(16)6-8-12/h5-9,14,18H,3-4,10H2,1-2H3. The summed E-state index contributed by atoms with van der Waals surface area (Å²) < 4.78 is 7.72. The first-order chi connectivity index (χ1) is 10.2. The van der Waals surface area contributed by atoms with Crippen LogP contribution in [0.5, 0.6) is 5.75 Å². The van der Waals surface area contributed by atoms with Crippen LogP contribution in [-0.4, -0.2) is 22.9 Å². The summed E-state index contributed by atoms with van der Waals surface area (Å²) in [6.45, 7) is 6.15. The fourth-order valence-electron chi connectivity index (χ4n) is 2.16. The van der Waals surface area contributed by atoms with Crippen molar-refractivity contribution in [2.24, 2.45) is 0 Å². The fraction of sp³-hybridized carbons (Fsp3) is 0.400. The van der Waals surface area contributed by atoms with Crippen LogP contribution in [-0.2, 0) is 6.54 Å². The van der Waals surface area contributed by atoms with Crippen LogP contribution < -0.4 is 10.1 Å². The van der Waals surface area contributed by atoms with Gasteiger partial charge in [-0.05, 0) is 37.7 Å². The van der Waals surface area contributed by atoms with E-state index in [9.17, 15) is 0 Å². The molecule has 0 spiro atoms. The molecule has 0 aliphatic rings. The van der Waals surface area contributed by atoms with Gasteiger partial charge in [0, 0.05) is 11.6 Å². The molecule has 0 bridgehead atoms. The van der Waals surface area contributed by atoms with Crippen molar-refractivity contribution in [1.82, 2.24) is 15.1 Å². The summed E-state index contributed by atoms with van der Waals surface area (Å²) in [5.74, 6) is 0.779. The SMILES string of the molecule is CCNC(COc1ccc(Cl)cc1)c1c(Cl)cnn1CC. The van der Waals surface area contributed by atoms with E-state index in [0.29, 0.717) is 16.7 Å². The molecule has 1 N–H and O–H groups in total. The maximum Gasteiger partial charge on any atom is 0.119 e. The highest BCUT2D eigenvalue weighted by Crippen LogP contribution is 2.24. The van der Waals surface area contributed by atoms with E-state index in [2.05, 4.69) is 17.3 Å². The normalized spacial score (nSPS) is 12.4. The number of halogens is 2. The molecule has 6 heteroatoms. The van der Waals surface area contributed by atoms with Gasteiger partial charge in [-0.15, -0.1) is 0 Å². The molecule has 0 radical (unpaired) electrons. The minimum absolute atomic E-state index is 0.0133. The molecule has 0 saturated carbocycles. The Bertz CT molecular complexity index is 569. The molecule has 1 atom stereocenters. The summed E-state index contributed by atoms with van der Waals surface area (Å²) in [7, 11) is 0. The van der Waals surface area contributed by atoms with Crippen molar-refractivity contribution in [2.45, 2.75) is 26.4 Å². The molecule has 0 amide bonds. The summed E-state index contributed by atoms with van der Waals surface area (Å²) in [5, 5.41) is 9.01. The Labute approximate surface area is 135 Å². The van der Waals surface area contributed by atoms with Gasteiger partial charge in [-0.1, -0.05) is 30.1 Å². The van der Waals surface area contributed by atoms with Crippen LogP contribution >= 0.6 is 23.2 Å². The molecule has 0 saturated heterocycles. The van der Waals surface area contributed by atoms with E-state index >= 15 is 0 Å². The van der Waals surface area contributed by atoms with Gasteiger partial charge in [0.1, 0.15) is 12.4 Å². The van der Waals surface area contributed by atoms with E-state index in [1.807, 2.05) is 35.9 Å². The molecule has 114 valence electrons. The Balaban J connectivity index is 2.11. The second-order valence-electron chi connectivity index (χ2n) is 4.57. The average molecular weight is 328 g/mol. The molecule has 4 nitrogen and oxygen atoms in total. The highest BCUT2D eigenvalue weighted by Gasteiger charge is 2.20. The summed E-state index contributed by atoms with van der Waals surface area (Å²) in [6.07, 6.45) is 1.67. The van der Waals surface area contributed by atoms with Gasteiger partial charge in [-0.2, -0.15) is 5.10 Å². The van der Waals surface area contributed by atoms with Crippen molar-refractivity contribution in [3.05, 3.63) is 46.2 Å². The van der Waals surface area contributed by atoms with Crippen LogP contribution in [0.15, 0.2) is 30.5 Å². The summed E-state index contributed by atoms with van der Waals surface area (Å²) in [4.78, 5) is 0. The highest BCUT2D eigenvalue weighted by atomic mass is 35.5. The van der Waals surface area contributed by atoms with E-state index in [1.54, 1.807) is 6.20 Å². The van der Waals surface area contributed by atoms with Gasteiger partial charge in [-0.25, -0.2) is 0 Å². The maximum atomic E-state index is 6.26. The lowest BCUT2D eigenvalue weighted by Gasteiger charge is -2.20. The van der Waals surface area contributed by atoms with Crippen LogP contribution in [0.25, 0.3) is 0 Å².